The first-order valence-corrected chi connectivity index (χ1v) is 5.32. The molecule has 0 N–H and O–H groups in total. The molecule has 0 aliphatic heterocycles. The molecule has 17 heavy (non-hydrogen) atoms. The summed E-state index contributed by atoms with van der Waals surface area (Å²) in [5, 5.41) is 0. The quantitative estimate of drug-likeness (QED) is 0.503. The van der Waals surface area contributed by atoms with E-state index in [4.69, 9.17) is 0 Å². The first kappa shape index (κ1) is 12.1. The summed E-state index contributed by atoms with van der Waals surface area (Å²) >= 11 is 0. The molecule has 0 aromatic heterocycles. The fourth-order valence-corrected chi connectivity index (χ4v) is 2.13. The topological polar surface area (TPSA) is 17.1 Å². The molecular weight excluding hydrogens is 236 g/mol. The molecule has 0 spiro atoms. The number of ketones is 1. The van der Waals surface area contributed by atoms with Crippen LogP contribution in [0.3, 0.4) is 0 Å². The molecule has 1 aromatic rings. The molecule has 0 fully saturated rings. The van der Waals surface area contributed by atoms with E-state index in [9.17, 15) is 22.4 Å². The van der Waals surface area contributed by atoms with Crippen LogP contribution in [0.4, 0.5) is 17.6 Å². The molecule has 0 saturated carbocycles. The Hall–Kier alpha value is -1.39. The maximum absolute atomic E-state index is 13.1. The van der Waals surface area contributed by atoms with Gasteiger partial charge in [0.05, 0.1) is 5.56 Å². The number of carbonyl (C=O) groups is 1. The van der Waals surface area contributed by atoms with Crippen LogP contribution in [-0.2, 0) is 12.6 Å². The lowest BCUT2D eigenvalue weighted by Crippen LogP contribution is -2.13. The molecule has 0 atom stereocenters. The van der Waals surface area contributed by atoms with Gasteiger partial charge in [-0.3, -0.25) is 4.79 Å². The molecule has 0 unspecified atom stereocenters. The Labute approximate surface area is 95.4 Å². The van der Waals surface area contributed by atoms with Crippen molar-refractivity contribution in [1.82, 2.24) is 0 Å². The number of Topliss-reactive ketones (excluding diaryl/α,β-unsaturated/α-hetero) is 1. The summed E-state index contributed by atoms with van der Waals surface area (Å²) in [6, 6.07) is 1.38. The second kappa shape index (κ2) is 4.13. The summed E-state index contributed by atoms with van der Waals surface area (Å²) in [4.78, 5) is 11.6. The van der Waals surface area contributed by atoms with Crippen LogP contribution >= 0.6 is 0 Å². The van der Waals surface area contributed by atoms with E-state index < -0.39 is 23.3 Å². The Balaban J connectivity index is 2.65. The standard InChI is InChI=1S/C12H10F4O/c13-7-5-9-8(3-1-2-4-11(9)17)10(6-7)12(14,15)16/h5-6H,1-4H2. The van der Waals surface area contributed by atoms with Crippen LogP contribution in [0.1, 0.15) is 40.7 Å². The van der Waals surface area contributed by atoms with Crippen LogP contribution in [0.15, 0.2) is 12.1 Å². The van der Waals surface area contributed by atoms with Crippen LogP contribution in [0.2, 0.25) is 0 Å². The Kier molecular flexibility index (Phi) is 2.93. The lowest BCUT2D eigenvalue weighted by Gasteiger charge is -2.14. The minimum absolute atomic E-state index is 0.0543. The van der Waals surface area contributed by atoms with E-state index in [0.29, 0.717) is 18.9 Å². The number of alkyl halides is 3. The molecule has 0 radical (unpaired) electrons. The third-order valence-electron chi connectivity index (χ3n) is 2.90. The first-order chi connectivity index (χ1) is 7.89. The summed E-state index contributed by atoms with van der Waals surface area (Å²) in [6.45, 7) is 0. The van der Waals surface area contributed by atoms with Crippen molar-refractivity contribution in [3.63, 3.8) is 0 Å². The molecule has 1 aliphatic rings. The van der Waals surface area contributed by atoms with Gasteiger partial charge in [-0.15, -0.1) is 0 Å². The van der Waals surface area contributed by atoms with E-state index in [2.05, 4.69) is 0 Å². The summed E-state index contributed by atoms with van der Waals surface area (Å²) in [6.07, 6.45) is -3.18. The van der Waals surface area contributed by atoms with Crippen molar-refractivity contribution in [2.24, 2.45) is 0 Å². The van der Waals surface area contributed by atoms with Gasteiger partial charge in [-0.25, -0.2) is 4.39 Å². The number of hydrogen-bond acceptors (Lipinski definition) is 1. The summed E-state index contributed by atoms with van der Waals surface area (Å²) in [5.41, 5.74) is -1.17. The van der Waals surface area contributed by atoms with Crippen molar-refractivity contribution >= 4 is 5.78 Å². The maximum atomic E-state index is 13.1. The molecule has 1 aliphatic carbocycles. The zero-order valence-corrected chi connectivity index (χ0v) is 8.90. The Morgan fingerprint density at radius 2 is 1.71 bits per heavy atom. The van der Waals surface area contributed by atoms with Gasteiger partial charge in [0, 0.05) is 12.0 Å². The molecule has 2 rings (SSSR count). The van der Waals surface area contributed by atoms with Crippen LogP contribution < -0.4 is 0 Å². The van der Waals surface area contributed by atoms with E-state index in [0.717, 1.165) is 6.07 Å². The summed E-state index contributed by atoms with van der Waals surface area (Å²) in [5.74, 6) is -1.41. The molecule has 0 saturated heterocycles. The van der Waals surface area contributed by atoms with Gasteiger partial charge < -0.3 is 0 Å². The lowest BCUT2D eigenvalue weighted by atomic mass is 9.96. The van der Waals surface area contributed by atoms with Crippen LogP contribution in [0, 0.1) is 5.82 Å². The molecule has 1 aromatic carbocycles. The Bertz CT molecular complexity index is 462. The third kappa shape index (κ3) is 2.33. The van der Waals surface area contributed by atoms with Gasteiger partial charge in [-0.1, -0.05) is 0 Å². The van der Waals surface area contributed by atoms with E-state index in [1.807, 2.05) is 0 Å². The zero-order valence-electron chi connectivity index (χ0n) is 8.90. The summed E-state index contributed by atoms with van der Waals surface area (Å²) in [7, 11) is 0. The van der Waals surface area contributed by atoms with Crippen molar-refractivity contribution in [3.05, 3.63) is 34.6 Å². The normalized spacial score (nSPS) is 16.6. The second-order valence-corrected chi connectivity index (χ2v) is 4.11. The van der Waals surface area contributed by atoms with Gasteiger partial charge in [0.2, 0.25) is 0 Å². The largest absolute Gasteiger partial charge is 0.416 e. The lowest BCUT2D eigenvalue weighted by molar-refractivity contribution is -0.138. The van der Waals surface area contributed by atoms with E-state index in [-0.39, 0.29) is 24.0 Å². The highest BCUT2D eigenvalue weighted by molar-refractivity contribution is 5.98. The predicted molar refractivity (Wildman–Crippen MR) is 53.3 cm³/mol. The van der Waals surface area contributed by atoms with Crippen molar-refractivity contribution < 1.29 is 22.4 Å². The van der Waals surface area contributed by atoms with Crippen molar-refractivity contribution in [2.75, 3.05) is 0 Å². The average Bonchev–Trinajstić information content (AvgIpc) is 2.39. The SMILES string of the molecule is O=C1CCCCc2c1cc(F)cc2C(F)(F)F. The van der Waals surface area contributed by atoms with Crippen LogP contribution in [0.25, 0.3) is 0 Å². The molecule has 5 heteroatoms. The number of carbonyl (C=O) groups excluding carboxylic acids is 1. The van der Waals surface area contributed by atoms with Gasteiger partial charge in [0.15, 0.2) is 5.78 Å². The van der Waals surface area contributed by atoms with Gasteiger partial charge in [0.1, 0.15) is 5.82 Å². The van der Waals surface area contributed by atoms with Crippen molar-refractivity contribution in [1.29, 1.82) is 0 Å². The highest BCUT2D eigenvalue weighted by Crippen LogP contribution is 2.36. The van der Waals surface area contributed by atoms with Crippen LogP contribution in [-0.4, -0.2) is 5.78 Å². The number of hydrogen-bond donors (Lipinski definition) is 0. The fourth-order valence-electron chi connectivity index (χ4n) is 2.13. The number of halogens is 4. The van der Waals surface area contributed by atoms with E-state index in [1.54, 1.807) is 0 Å². The highest BCUT2D eigenvalue weighted by Gasteiger charge is 2.36. The molecule has 92 valence electrons. The summed E-state index contributed by atoms with van der Waals surface area (Å²) < 4.78 is 51.4. The van der Waals surface area contributed by atoms with Gasteiger partial charge in [-0.05, 0) is 37.0 Å². The third-order valence-corrected chi connectivity index (χ3v) is 2.90. The van der Waals surface area contributed by atoms with Gasteiger partial charge in [-0.2, -0.15) is 13.2 Å². The minimum atomic E-state index is -4.61. The Morgan fingerprint density at radius 3 is 2.35 bits per heavy atom. The molecule has 0 amide bonds. The Morgan fingerprint density at radius 1 is 1.06 bits per heavy atom. The maximum Gasteiger partial charge on any atom is 0.416 e. The van der Waals surface area contributed by atoms with E-state index in [1.165, 1.54) is 0 Å². The fraction of sp³-hybridized carbons (Fsp3) is 0.417. The van der Waals surface area contributed by atoms with Crippen molar-refractivity contribution in [2.45, 2.75) is 31.9 Å². The smallest absolute Gasteiger partial charge is 0.294 e. The average molecular weight is 246 g/mol. The first-order valence-electron chi connectivity index (χ1n) is 5.32. The predicted octanol–water partition coefficient (Wildman–Crippen LogP) is 3.75. The van der Waals surface area contributed by atoms with E-state index >= 15 is 0 Å². The van der Waals surface area contributed by atoms with Crippen molar-refractivity contribution in [3.8, 4) is 0 Å². The number of rotatable bonds is 0. The molecule has 1 nitrogen and oxygen atoms in total. The number of benzene rings is 1. The highest BCUT2D eigenvalue weighted by atomic mass is 19.4. The minimum Gasteiger partial charge on any atom is -0.294 e. The molecule has 0 bridgehead atoms. The molecule has 0 heterocycles. The zero-order chi connectivity index (χ0) is 12.6. The van der Waals surface area contributed by atoms with Gasteiger partial charge >= 0.3 is 6.18 Å². The number of fused-ring (bicyclic) bond motifs is 1. The van der Waals surface area contributed by atoms with Gasteiger partial charge in [0.25, 0.3) is 0 Å². The monoisotopic (exact) mass is 246 g/mol. The second-order valence-electron chi connectivity index (χ2n) is 4.11. The molecular formula is C12H10F4O. The van der Waals surface area contributed by atoms with Crippen LogP contribution in [0.5, 0.6) is 0 Å².